The molecule has 9 heteroatoms. The standard InChI is InChI=1S/C14H17F2N3O2S2/c15-10-1-4-13(12(16)9-10)23(20,21)19-7-5-18(6-8-19)14(22)17-11-2-3-11/h1,4,9,11H,2-3,5-8H2,(H,17,22). The Bertz CT molecular complexity index is 715. The fraction of sp³-hybridized carbons (Fsp3) is 0.500. The van der Waals surface area contributed by atoms with Crippen LogP contribution in [0, 0.1) is 11.6 Å². The van der Waals surface area contributed by atoms with Gasteiger partial charge in [0.25, 0.3) is 0 Å². The average molecular weight is 361 g/mol. The lowest BCUT2D eigenvalue weighted by molar-refractivity contribution is 0.263. The summed E-state index contributed by atoms with van der Waals surface area (Å²) >= 11 is 5.30. The Labute approximate surface area is 139 Å². The Morgan fingerprint density at radius 2 is 1.83 bits per heavy atom. The second-order valence-corrected chi connectivity index (χ2v) is 7.98. The zero-order valence-corrected chi connectivity index (χ0v) is 14.0. The van der Waals surface area contributed by atoms with Crippen LogP contribution in [0.2, 0.25) is 0 Å². The SMILES string of the molecule is O=S(=O)(c1ccc(F)cc1F)N1CCN(C(=S)NC2CC2)CC1. The van der Waals surface area contributed by atoms with Crippen molar-refractivity contribution in [1.82, 2.24) is 14.5 Å². The second-order valence-electron chi connectivity index (χ2n) is 5.69. The lowest BCUT2D eigenvalue weighted by atomic mass is 10.3. The molecule has 1 aromatic rings. The molecule has 0 atom stereocenters. The first-order valence-corrected chi connectivity index (χ1v) is 9.23. The van der Waals surface area contributed by atoms with Gasteiger partial charge in [0.1, 0.15) is 16.5 Å². The van der Waals surface area contributed by atoms with Crippen LogP contribution in [0.5, 0.6) is 0 Å². The number of hydrogen-bond donors (Lipinski definition) is 1. The van der Waals surface area contributed by atoms with Crippen LogP contribution >= 0.6 is 12.2 Å². The monoisotopic (exact) mass is 361 g/mol. The summed E-state index contributed by atoms with van der Waals surface area (Å²) in [5.41, 5.74) is 0. The quantitative estimate of drug-likeness (QED) is 0.823. The number of sulfonamides is 1. The van der Waals surface area contributed by atoms with Gasteiger partial charge in [0, 0.05) is 38.3 Å². The van der Waals surface area contributed by atoms with Crippen LogP contribution in [0.3, 0.4) is 0 Å². The normalized spacial score (nSPS) is 19.7. The van der Waals surface area contributed by atoms with E-state index in [0.717, 1.165) is 25.0 Å². The molecule has 1 aromatic carbocycles. The Hall–Kier alpha value is -1.32. The zero-order valence-electron chi connectivity index (χ0n) is 12.3. The van der Waals surface area contributed by atoms with E-state index in [1.54, 1.807) is 0 Å². The van der Waals surface area contributed by atoms with Gasteiger partial charge in [-0.1, -0.05) is 0 Å². The summed E-state index contributed by atoms with van der Waals surface area (Å²) in [4.78, 5) is 1.42. The summed E-state index contributed by atoms with van der Waals surface area (Å²) in [6, 6.07) is 2.93. The fourth-order valence-corrected chi connectivity index (χ4v) is 4.27. The van der Waals surface area contributed by atoms with Crippen molar-refractivity contribution in [3.63, 3.8) is 0 Å². The van der Waals surface area contributed by atoms with E-state index < -0.39 is 26.6 Å². The molecule has 0 amide bonds. The fourth-order valence-electron chi connectivity index (χ4n) is 2.45. The van der Waals surface area contributed by atoms with Crippen LogP contribution < -0.4 is 5.32 Å². The van der Waals surface area contributed by atoms with Crippen molar-refractivity contribution < 1.29 is 17.2 Å². The van der Waals surface area contributed by atoms with Gasteiger partial charge in [0.15, 0.2) is 5.11 Å². The molecule has 3 rings (SSSR count). The van der Waals surface area contributed by atoms with Crippen molar-refractivity contribution in [3.05, 3.63) is 29.8 Å². The van der Waals surface area contributed by atoms with E-state index in [9.17, 15) is 17.2 Å². The highest BCUT2D eigenvalue weighted by atomic mass is 32.2. The number of nitrogens with one attached hydrogen (secondary N) is 1. The molecular weight excluding hydrogens is 344 g/mol. The maximum Gasteiger partial charge on any atom is 0.246 e. The van der Waals surface area contributed by atoms with E-state index in [-0.39, 0.29) is 13.1 Å². The molecule has 5 nitrogen and oxygen atoms in total. The van der Waals surface area contributed by atoms with Crippen molar-refractivity contribution in [2.75, 3.05) is 26.2 Å². The highest BCUT2D eigenvalue weighted by Gasteiger charge is 2.32. The molecule has 1 aliphatic heterocycles. The van der Waals surface area contributed by atoms with Gasteiger partial charge in [-0.15, -0.1) is 0 Å². The van der Waals surface area contributed by atoms with Gasteiger partial charge in [-0.05, 0) is 37.2 Å². The van der Waals surface area contributed by atoms with Crippen LogP contribution in [0.4, 0.5) is 8.78 Å². The van der Waals surface area contributed by atoms with E-state index in [2.05, 4.69) is 5.32 Å². The minimum absolute atomic E-state index is 0.214. The van der Waals surface area contributed by atoms with Gasteiger partial charge >= 0.3 is 0 Å². The second kappa shape index (κ2) is 6.29. The Morgan fingerprint density at radius 3 is 2.39 bits per heavy atom. The number of benzene rings is 1. The first-order valence-electron chi connectivity index (χ1n) is 7.38. The number of thiocarbonyl (C=S) groups is 1. The van der Waals surface area contributed by atoms with Crippen molar-refractivity contribution >= 4 is 27.4 Å². The van der Waals surface area contributed by atoms with Gasteiger partial charge < -0.3 is 10.2 Å². The summed E-state index contributed by atoms with van der Waals surface area (Å²) < 4.78 is 52.9. The third-order valence-electron chi connectivity index (χ3n) is 3.94. The maximum atomic E-state index is 13.8. The largest absolute Gasteiger partial charge is 0.360 e. The minimum atomic E-state index is -3.97. The molecule has 126 valence electrons. The highest BCUT2D eigenvalue weighted by Crippen LogP contribution is 2.22. The molecule has 0 bridgehead atoms. The molecule has 2 fully saturated rings. The lowest BCUT2D eigenvalue weighted by Crippen LogP contribution is -2.53. The van der Waals surface area contributed by atoms with Crippen molar-refractivity contribution in [2.24, 2.45) is 0 Å². The third kappa shape index (κ3) is 3.61. The van der Waals surface area contributed by atoms with E-state index in [4.69, 9.17) is 12.2 Å². The number of nitrogens with zero attached hydrogens (tertiary/aromatic N) is 2. The zero-order chi connectivity index (χ0) is 16.6. The van der Waals surface area contributed by atoms with Gasteiger partial charge in [-0.2, -0.15) is 4.31 Å². The van der Waals surface area contributed by atoms with Crippen LogP contribution in [0.1, 0.15) is 12.8 Å². The van der Waals surface area contributed by atoms with Gasteiger partial charge in [0.05, 0.1) is 0 Å². The van der Waals surface area contributed by atoms with Crippen LogP contribution in [-0.4, -0.2) is 55.0 Å². The molecule has 23 heavy (non-hydrogen) atoms. The molecule has 1 saturated carbocycles. The lowest BCUT2D eigenvalue weighted by Gasteiger charge is -2.35. The first-order chi connectivity index (χ1) is 10.9. The number of piperazine rings is 1. The average Bonchev–Trinajstić information content (AvgIpc) is 3.31. The Kier molecular flexibility index (Phi) is 4.52. The summed E-state index contributed by atoms with van der Waals surface area (Å²) in [6.45, 7) is 1.32. The molecule has 2 aliphatic rings. The molecule has 0 radical (unpaired) electrons. The first kappa shape index (κ1) is 16.5. The van der Waals surface area contributed by atoms with Crippen LogP contribution in [0.25, 0.3) is 0 Å². The molecule has 1 N–H and O–H groups in total. The Balaban J connectivity index is 1.67. The Morgan fingerprint density at radius 1 is 1.17 bits per heavy atom. The maximum absolute atomic E-state index is 13.8. The third-order valence-corrected chi connectivity index (χ3v) is 6.25. The van der Waals surface area contributed by atoms with Gasteiger partial charge in [-0.25, -0.2) is 17.2 Å². The van der Waals surface area contributed by atoms with E-state index in [1.165, 1.54) is 4.31 Å². The van der Waals surface area contributed by atoms with Crippen molar-refractivity contribution in [2.45, 2.75) is 23.8 Å². The molecule has 1 saturated heterocycles. The van der Waals surface area contributed by atoms with E-state index >= 15 is 0 Å². The molecule has 0 spiro atoms. The summed E-state index contributed by atoms with van der Waals surface area (Å²) in [6.07, 6.45) is 2.22. The minimum Gasteiger partial charge on any atom is -0.360 e. The predicted octanol–water partition coefficient (Wildman–Crippen LogP) is 1.31. The number of rotatable bonds is 3. The summed E-state index contributed by atoms with van der Waals surface area (Å²) in [7, 11) is -3.97. The highest BCUT2D eigenvalue weighted by molar-refractivity contribution is 7.89. The van der Waals surface area contributed by atoms with Crippen LogP contribution in [-0.2, 0) is 10.0 Å². The molecule has 1 aliphatic carbocycles. The van der Waals surface area contributed by atoms with E-state index in [1.807, 2.05) is 4.90 Å². The predicted molar refractivity (Wildman–Crippen MR) is 85.4 cm³/mol. The van der Waals surface area contributed by atoms with Crippen molar-refractivity contribution in [3.8, 4) is 0 Å². The number of halogens is 2. The van der Waals surface area contributed by atoms with Crippen LogP contribution in [0.15, 0.2) is 23.1 Å². The number of hydrogen-bond acceptors (Lipinski definition) is 3. The molecule has 0 unspecified atom stereocenters. The molecule has 1 heterocycles. The summed E-state index contributed by atoms with van der Waals surface area (Å²) in [5.74, 6) is -1.87. The smallest absolute Gasteiger partial charge is 0.246 e. The molecule has 0 aromatic heterocycles. The van der Waals surface area contributed by atoms with Gasteiger partial charge in [0.2, 0.25) is 10.0 Å². The topological polar surface area (TPSA) is 52.7 Å². The van der Waals surface area contributed by atoms with E-state index in [0.29, 0.717) is 30.3 Å². The van der Waals surface area contributed by atoms with Crippen molar-refractivity contribution in [1.29, 1.82) is 0 Å². The molecular formula is C14H17F2N3O2S2. The van der Waals surface area contributed by atoms with Gasteiger partial charge in [-0.3, -0.25) is 0 Å². The summed E-state index contributed by atoms with van der Waals surface area (Å²) in [5, 5.41) is 3.85.